The van der Waals surface area contributed by atoms with Gasteiger partial charge in [0.1, 0.15) is 17.5 Å². The van der Waals surface area contributed by atoms with Gasteiger partial charge in [-0.3, -0.25) is 4.79 Å². The van der Waals surface area contributed by atoms with E-state index in [0.29, 0.717) is 29.2 Å². The lowest BCUT2D eigenvalue weighted by Gasteiger charge is -2.34. The molecule has 9 nitrogen and oxygen atoms in total. The van der Waals surface area contributed by atoms with Crippen LogP contribution in [-0.2, 0) is 10.4 Å². The van der Waals surface area contributed by atoms with Crippen LogP contribution in [0.25, 0.3) is 0 Å². The largest absolute Gasteiger partial charge is 0.393 e. The number of piperidine rings is 1. The number of ether oxygens (including phenoxy) is 1. The fourth-order valence-electron chi connectivity index (χ4n) is 5.08. The summed E-state index contributed by atoms with van der Waals surface area (Å²) < 4.78 is 20.7. The van der Waals surface area contributed by atoms with Crippen molar-refractivity contribution in [2.75, 3.05) is 61.1 Å². The molecule has 1 saturated carbocycles. The molecule has 0 bridgehead atoms. The highest BCUT2D eigenvalue weighted by molar-refractivity contribution is 6.07. The van der Waals surface area contributed by atoms with Crippen LogP contribution >= 0.6 is 0 Å². The number of pyridine rings is 2. The molecule has 1 unspecified atom stereocenters. The topological polar surface area (TPSA) is 111 Å². The van der Waals surface area contributed by atoms with Gasteiger partial charge in [0.2, 0.25) is 0 Å². The Balaban J connectivity index is 1.40. The zero-order valence-electron chi connectivity index (χ0n) is 20.6. The van der Waals surface area contributed by atoms with Gasteiger partial charge in [0.15, 0.2) is 5.67 Å². The van der Waals surface area contributed by atoms with Gasteiger partial charge in [-0.2, -0.15) is 0 Å². The van der Waals surface area contributed by atoms with Crippen molar-refractivity contribution in [3.63, 3.8) is 0 Å². The van der Waals surface area contributed by atoms with Gasteiger partial charge in [-0.05, 0) is 62.3 Å². The predicted molar refractivity (Wildman–Crippen MR) is 134 cm³/mol. The Bertz CT molecular complexity index is 1100. The van der Waals surface area contributed by atoms with E-state index in [-0.39, 0.29) is 11.8 Å². The minimum Gasteiger partial charge on any atom is -0.393 e. The number of aliphatic hydroxyl groups is 2. The van der Waals surface area contributed by atoms with Gasteiger partial charge in [-0.25, -0.2) is 14.4 Å². The molecule has 0 radical (unpaired) electrons. The number of anilines is 3. The number of aliphatic hydroxyl groups excluding tert-OH is 2. The van der Waals surface area contributed by atoms with E-state index in [2.05, 4.69) is 20.2 Å². The molecule has 2 aromatic rings. The second kappa shape index (κ2) is 9.91. The molecule has 2 saturated heterocycles. The van der Waals surface area contributed by atoms with E-state index in [9.17, 15) is 15.0 Å². The first kappa shape index (κ1) is 24.9. The van der Waals surface area contributed by atoms with E-state index in [1.165, 1.54) is 25.0 Å². The third-order valence-corrected chi connectivity index (χ3v) is 7.70. The average Bonchev–Trinajstić information content (AvgIpc) is 3.67. The normalized spacial score (nSPS) is 21.5. The van der Waals surface area contributed by atoms with Crippen LogP contribution < -0.4 is 15.1 Å². The summed E-state index contributed by atoms with van der Waals surface area (Å²) in [4.78, 5) is 26.6. The van der Waals surface area contributed by atoms with Gasteiger partial charge in [-0.15, -0.1) is 0 Å². The maximum absolute atomic E-state index is 15.1. The molecular formula is C26H34FN5O4. The van der Waals surface area contributed by atoms with E-state index >= 15 is 4.39 Å². The van der Waals surface area contributed by atoms with Crippen LogP contribution in [0.15, 0.2) is 30.3 Å². The molecule has 3 aliphatic rings. The number of aromatic nitrogens is 2. The van der Waals surface area contributed by atoms with Gasteiger partial charge in [0.25, 0.3) is 5.91 Å². The molecule has 3 fully saturated rings. The number of carbonyl (C=O) groups is 1. The number of alkyl halides is 1. The molecule has 4 heterocycles. The Morgan fingerprint density at radius 3 is 2.53 bits per heavy atom. The van der Waals surface area contributed by atoms with Gasteiger partial charge < -0.3 is 30.1 Å². The third-order valence-electron chi connectivity index (χ3n) is 7.70. The van der Waals surface area contributed by atoms with Gasteiger partial charge in [-0.1, -0.05) is 6.07 Å². The zero-order valence-corrected chi connectivity index (χ0v) is 20.6. The summed E-state index contributed by atoms with van der Waals surface area (Å²) in [6.45, 7) is 3.72. The average molecular weight is 500 g/mol. The molecule has 1 atom stereocenters. The van der Waals surface area contributed by atoms with Gasteiger partial charge >= 0.3 is 0 Å². The fraction of sp³-hybridized carbons (Fsp3) is 0.577. The molecule has 10 heteroatoms. The van der Waals surface area contributed by atoms with Crippen molar-refractivity contribution >= 4 is 23.4 Å². The minimum absolute atomic E-state index is 0.0904. The maximum Gasteiger partial charge on any atom is 0.260 e. The van der Waals surface area contributed by atoms with Gasteiger partial charge in [0, 0.05) is 26.2 Å². The molecule has 1 aliphatic carbocycles. The van der Waals surface area contributed by atoms with Gasteiger partial charge in [0.05, 0.1) is 37.2 Å². The van der Waals surface area contributed by atoms with Crippen molar-refractivity contribution in [2.24, 2.45) is 5.41 Å². The Hall–Kier alpha value is -2.82. The van der Waals surface area contributed by atoms with E-state index < -0.39 is 24.8 Å². The lowest BCUT2D eigenvalue weighted by Crippen LogP contribution is -2.41. The standard InChI is InChI=1S/C26H34FN5O4/c1-18-15-32(13-14-36-18)22-4-2-3-21(29-22)30-24(35)19-5-6-20(26(27,16-33)17-34)28-23(19)31-11-9-25(7-8-25)10-12-31/h2-6,18,33-34H,7-17H2,1H3,(H,29,30,35). The summed E-state index contributed by atoms with van der Waals surface area (Å²) in [5, 5.41) is 22.0. The predicted octanol–water partition coefficient (Wildman–Crippen LogP) is 2.48. The molecule has 2 aromatic heterocycles. The number of nitrogens with zero attached hydrogens (tertiary/aromatic N) is 4. The minimum atomic E-state index is -2.39. The smallest absolute Gasteiger partial charge is 0.260 e. The number of carbonyl (C=O) groups excluding carboxylic acids is 1. The highest BCUT2D eigenvalue weighted by Crippen LogP contribution is 2.54. The number of amides is 1. The third kappa shape index (κ3) is 5.02. The number of morpholine rings is 1. The highest BCUT2D eigenvalue weighted by Gasteiger charge is 2.45. The van der Waals surface area contributed by atoms with E-state index in [1.54, 1.807) is 6.07 Å². The zero-order chi connectivity index (χ0) is 25.3. The van der Waals surface area contributed by atoms with Crippen LogP contribution in [0.3, 0.4) is 0 Å². The molecule has 36 heavy (non-hydrogen) atoms. The second-order valence-corrected chi connectivity index (χ2v) is 10.3. The summed E-state index contributed by atoms with van der Waals surface area (Å²) in [5.41, 5.74) is -1.76. The Labute approximate surface area is 210 Å². The number of hydrogen-bond acceptors (Lipinski definition) is 8. The molecule has 5 rings (SSSR count). The first-order chi connectivity index (χ1) is 17.3. The maximum atomic E-state index is 15.1. The molecule has 0 aromatic carbocycles. The fourth-order valence-corrected chi connectivity index (χ4v) is 5.08. The Morgan fingerprint density at radius 1 is 1.11 bits per heavy atom. The van der Waals surface area contributed by atoms with Crippen molar-refractivity contribution < 1.29 is 24.1 Å². The molecule has 3 N–H and O–H groups in total. The monoisotopic (exact) mass is 499 g/mol. The molecule has 2 aliphatic heterocycles. The Kier molecular flexibility index (Phi) is 6.84. The van der Waals surface area contributed by atoms with E-state index in [0.717, 1.165) is 44.8 Å². The summed E-state index contributed by atoms with van der Waals surface area (Å²) >= 11 is 0. The summed E-state index contributed by atoms with van der Waals surface area (Å²) in [5.74, 6) is 1.14. The van der Waals surface area contributed by atoms with Crippen molar-refractivity contribution in [2.45, 2.75) is 44.4 Å². The molecule has 194 valence electrons. The van der Waals surface area contributed by atoms with Crippen LogP contribution in [0.2, 0.25) is 0 Å². The Morgan fingerprint density at radius 2 is 1.86 bits per heavy atom. The number of rotatable bonds is 7. The number of halogens is 1. The van der Waals surface area contributed by atoms with Crippen LogP contribution in [0.4, 0.5) is 21.8 Å². The molecule has 1 spiro atoms. The first-order valence-corrected chi connectivity index (χ1v) is 12.7. The number of hydrogen-bond donors (Lipinski definition) is 3. The summed E-state index contributed by atoms with van der Waals surface area (Å²) in [7, 11) is 0. The van der Waals surface area contributed by atoms with Crippen LogP contribution in [0.1, 0.15) is 48.7 Å². The summed E-state index contributed by atoms with van der Waals surface area (Å²) in [6.07, 6.45) is 4.57. The first-order valence-electron chi connectivity index (χ1n) is 12.7. The molecular weight excluding hydrogens is 465 g/mol. The lowest BCUT2D eigenvalue weighted by atomic mass is 9.93. The molecule has 1 amide bonds. The van der Waals surface area contributed by atoms with Crippen LogP contribution in [-0.4, -0.2) is 78.2 Å². The SMILES string of the molecule is CC1CN(c2cccc(NC(=O)c3ccc(C(F)(CO)CO)nc3N3CCC4(CC3)CC4)n2)CCO1. The highest BCUT2D eigenvalue weighted by atomic mass is 19.1. The van der Waals surface area contributed by atoms with Crippen molar-refractivity contribution in [3.8, 4) is 0 Å². The quantitative estimate of drug-likeness (QED) is 0.533. The van der Waals surface area contributed by atoms with E-state index in [4.69, 9.17) is 4.74 Å². The van der Waals surface area contributed by atoms with Crippen LogP contribution in [0, 0.1) is 5.41 Å². The second-order valence-electron chi connectivity index (χ2n) is 10.3. The lowest BCUT2D eigenvalue weighted by molar-refractivity contribution is 0.00964. The van der Waals surface area contributed by atoms with Crippen molar-refractivity contribution in [1.29, 1.82) is 0 Å². The van der Waals surface area contributed by atoms with Crippen molar-refractivity contribution in [1.82, 2.24) is 9.97 Å². The summed E-state index contributed by atoms with van der Waals surface area (Å²) in [6, 6.07) is 8.36. The van der Waals surface area contributed by atoms with E-state index in [1.807, 2.05) is 24.0 Å². The number of nitrogens with one attached hydrogen (secondary N) is 1. The van der Waals surface area contributed by atoms with Crippen LogP contribution in [0.5, 0.6) is 0 Å². The van der Waals surface area contributed by atoms with Crippen molar-refractivity contribution in [3.05, 3.63) is 41.6 Å².